The number of nitrogens with two attached hydrogens (primary N) is 1. The van der Waals surface area contributed by atoms with Crippen molar-refractivity contribution in [3.8, 4) is 5.75 Å². The summed E-state index contributed by atoms with van der Waals surface area (Å²) in [6.45, 7) is 9.79. The average Bonchev–Trinajstić information content (AvgIpc) is 2.43. The molecule has 104 valence electrons. The molecule has 1 aliphatic heterocycles. The van der Waals surface area contributed by atoms with E-state index in [1.807, 2.05) is 19.1 Å². The number of phenolic OH excluding ortho intramolecular Hbond substituents is 1. The van der Waals surface area contributed by atoms with E-state index >= 15 is 0 Å². The molecule has 0 unspecified atom stereocenters. The minimum Gasteiger partial charge on any atom is -0.505 e. The Morgan fingerprint density at radius 3 is 2.79 bits per heavy atom. The van der Waals surface area contributed by atoms with E-state index in [0.29, 0.717) is 5.69 Å². The zero-order valence-electron chi connectivity index (χ0n) is 11.5. The highest BCUT2D eigenvalue weighted by atomic mass is 16.3. The molecule has 4 nitrogen and oxygen atoms in total. The molecule has 1 fully saturated rings. The fraction of sp³-hybridized carbons (Fsp3) is 0.467. The van der Waals surface area contributed by atoms with Crippen molar-refractivity contribution >= 4 is 5.69 Å². The number of nitrogen functional groups attached to an aromatic ring is 1. The molecule has 1 atom stereocenters. The van der Waals surface area contributed by atoms with E-state index in [1.54, 1.807) is 6.07 Å². The fourth-order valence-electron chi connectivity index (χ4n) is 2.75. The van der Waals surface area contributed by atoms with Crippen LogP contribution in [0.3, 0.4) is 0 Å². The minimum atomic E-state index is 0.156. The number of aromatic hydroxyl groups is 1. The summed E-state index contributed by atoms with van der Waals surface area (Å²) in [5.74, 6) is 0.227. The van der Waals surface area contributed by atoms with Gasteiger partial charge in [-0.05, 0) is 25.0 Å². The molecule has 0 spiro atoms. The van der Waals surface area contributed by atoms with Gasteiger partial charge in [-0.25, -0.2) is 0 Å². The number of nitrogens with one attached hydrogen (secondary N) is 1. The molecule has 0 bridgehead atoms. The van der Waals surface area contributed by atoms with Gasteiger partial charge in [-0.2, -0.15) is 0 Å². The molecule has 4 N–H and O–H groups in total. The van der Waals surface area contributed by atoms with Gasteiger partial charge in [0.15, 0.2) is 0 Å². The van der Waals surface area contributed by atoms with Crippen molar-refractivity contribution in [3.63, 3.8) is 0 Å². The molecule has 1 heterocycles. The van der Waals surface area contributed by atoms with Crippen molar-refractivity contribution in [1.29, 1.82) is 0 Å². The maximum absolute atomic E-state index is 10.3. The molecule has 0 amide bonds. The molecule has 1 saturated heterocycles. The number of anilines is 1. The topological polar surface area (TPSA) is 61.5 Å². The van der Waals surface area contributed by atoms with Gasteiger partial charge < -0.3 is 16.2 Å². The van der Waals surface area contributed by atoms with Gasteiger partial charge in [0.25, 0.3) is 0 Å². The Bertz CT molecular complexity index is 453. The Morgan fingerprint density at radius 2 is 2.16 bits per heavy atom. The van der Waals surface area contributed by atoms with Crippen LogP contribution in [0, 0.1) is 6.92 Å². The summed E-state index contributed by atoms with van der Waals surface area (Å²) in [6, 6.07) is 3.89. The Hall–Kier alpha value is -1.52. The molecule has 0 aromatic heterocycles. The lowest BCUT2D eigenvalue weighted by Gasteiger charge is -2.36. The molecule has 1 aromatic carbocycles. The maximum atomic E-state index is 10.3. The SMILES string of the molecule is C=CC[C@@H](c1c(C)ccc(N)c1O)N1CCNCC1. The summed E-state index contributed by atoms with van der Waals surface area (Å²) >= 11 is 0. The molecule has 0 aliphatic carbocycles. The summed E-state index contributed by atoms with van der Waals surface area (Å²) in [4.78, 5) is 2.39. The predicted octanol–water partition coefficient (Wildman–Crippen LogP) is 1.81. The normalized spacial score (nSPS) is 18.2. The number of hydrogen-bond acceptors (Lipinski definition) is 4. The Morgan fingerprint density at radius 1 is 1.47 bits per heavy atom. The van der Waals surface area contributed by atoms with Crippen LogP contribution in [0.25, 0.3) is 0 Å². The summed E-state index contributed by atoms with van der Waals surface area (Å²) < 4.78 is 0. The van der Waals surface area contributed by atoms with Gasteiger partial charge in [-0.15, -0.1) is 6.58 Å². The highest BCUT2D eigenvalue weighted by Gasteiger charge is 2.25. The molecule has 2 rings (SSSR count). The number of hydrogen-bond donors (Lipinski definition) is 3. The van der Waals surface area contributed by atoms with Crippen molar-refractivity contribution in [2.24, 2.45) is 0 Å². The summed E-state index contributed by atoms with van der Waals surface area (Å²) in [7, 11) is 0. The number of nitrogens with zero attached hydrogens (tertiary/aromatic N) is 1. The Labute approximate surface area is 114 Å². The van der Waals surface area contributed by atoms with Gasteiger partial charge in [0, 0.05) is 37.8 Å². The second-order valence-electron chi connectivity index (χ2n) is 5.06. The first-order chi connectivity index (χ1) is 9.15. The number of rotatable bonds is 4. The van der Waals surface area contributed by atoms with Crippen LogP contribution in [-0.2, 0) is 0 Å². The second-order valence-corrected chi connectivity index (χ2v) is 5.06. The Balaban J connectivity index is 2.37. The lowest BCUT2D eigenvalue weighted by atomic mass is 9.95. The van der Waals surface area contributed by atoms with Crippen LogP contribution in [-0.4, -0.2) is 36.2 Å². The monoisotopic (exact) mass is 261 g/mol. The van der Waals surface area contributed by atoms with E-state index in [0.717, 1.165) is 43.7 Å². The summed E-state index contributed by atoms with van der Waals surface area (Å²) in [5, 5.41) is 13.7. The zero-order chi connectivity index (χ0) is 13.8. The van der Waals surface area contributed by atoms with E-state index in [-0.39, 0.29) is 11.8 Å². The van der Waals surface area contributed by atoms with Crippen LogP contribution in [0.2, 0.25) is 0 Å². The molecular formula is C15H23N3O. The van der Waals surface area contributed by atoms with Gasteiger partial charge >= 0.3 is 0 Å². The van der Waals surface area contributed by atoms with Gasteiger partial charge in [0.2, 0.25) is 0 Å². The van der Waals surface area contributed by atoms with Gasteiger partial charge in [-0.3, -0.25) is 4.90 Å². The van der Waals surface area contributed by atoms with E-state index in [4.69, 9.17) is 5.73 Å². The van der Waals surface area contributed by atoms with E-state index < -0.39 is 0 Å². The van der Waals surface area contributed by atoms with Crippen LogP contribution >= 0.6 is 0 Å². The van der Waals surface area contributed by atoms with Crippen LogP contribution in [0.15, 0.2) is 24.8 Å². The van der Waals surface area contributed by atoms with Crippen molar-refractivity contribution in [2.45, 2.75) is 19.4 Å². The van der Waals surface area contributed by atoms with Crippen LogP contribution in [0.1, 0.15) is 23.6 Å². The van der Waals surface area contributed by atoms with Crippen LogP contribution in [0.4, 0.5) is 5.69 Å². The minimum absolute atomic E-state index is 0.156. The lowest BCUT2D eigenvalue weighted by molar-refractivity contribution is 0.171. The largest absolute Gasteiger partial charge is 0.505 e. The fourth-order valence-corrected chi connectivity index (χ4v) is 2.75. The third-order valence-electron chi connectivity index (χ3n) is 3.78. The first-order valence-electron chi connectivity index (χ1n) is 6.78. The quantitative estimate of drug-likeness (QED) is 0.439. The highest BCUT2D eigenvalue weighted by Crippen LogP contribution is 2.37. The number of phenols is 1. The first-order valence-corrected chi connectivity index (χ1v) is 6.78. The average molecular weight is 261 g/mol. The zero-order valence-corrected chi connectivity index (χ0v) is 11.5. The Kier molecular flexibility index (Phi) is 4.45. The number of piperazine rings is 1. The van der Waals surface area contributed by atoms with Crippen LogP contribution in [0.5, 0.6) is 5.75 Å². The third kappa shape index (κ3) is 2.91. The van der Waals surface area contributed by atoms with E-state index in [9.17, 15) is 5.11 Å². The third-order valence-corrected chi connectivity index (χ3v) is 3.78. The summed E-state index contributed by atoms with van der Waals surface area (Å²) in [6.07, 6.45) is 2.73. The molecule has 1 aromatic rings. The molecule has 0 radical (unpaired) electrons. The van der Waals surface area contributed by atoms with Gasteiger partial charge in [0.05, 0.1) is 5.69 Å². The van der Waals surface area contributed by atoms with Crippen molar-refractivity contribution in [1.82, 2.24) is 10.2 Å². The van der Waals surface area contributed by atoms with Crippen molar-refractivity contribution in [2.75, 3.05) is 31.9 Å². The number of aryl methyl sites for hydroxylation is 1. The van der Waals surface area contributed by atoms with Crippen LogP contribution < -0.4 is 11.1 Å². The smallest absolute Gasteiger partial charge is 0.143 e. The number of benzene rings is 1. The van der Waals surface area contributed by atoms with Gasteiger partial charge in [-0.1, -0.05) is 12.1 Å². The highest BCUT2D eigenvalue weighted by molar-refractivity contribution is 5.59. The molecule has 1 aliphatic rings. The van der Waals surface area contributed by atoms with E-state index in [1.165, 1.54) is 0 Å². The standard InChI is InChI=1S/C15H23N3O/c1-3-4-13(18-9-7-17-8-10-18)14-11(2)5-6-12(16)15(14)19/h3,5-6,13,17,19H,1,4,7-10,16H2,2H3/t13-/m0/s1. The van der Waals surface area contributed by atoms with Crippen molar-refractivity contribution in [3.05, 3.63) is 35.9 Å². The lowest BCUT2D eigenvalue weighted by Crippen LogP contribution is -2.45. The maximum Gasteiger partial charge on any atom is 0.143 e. The molecule has 19 heavy (non-hydrogen) atoms. The van der Waals surface area contributed by atoms with Crippen molar-refractivity contribution < 1.29 is 5.11 Å². The molecule has 0 saturated carbocycles. The molecule has 4 heteroatoms. The first kappa shape index (κ1) is 13.9. The molecular weight excluding hydrogens is 238 g/mol. The van der Waals surface area contributed by atoms with Gasteiger partial charge in [0.1, 0.15) is 5.75 Å². The summed E-state index contributed by atoms with van der Waals surface area (Å²) in [5.41, 5.74) is 8.32. The second kappa shape index (κ2) is 6.08. The predicted molar refractivity (Wildman–Crippen MR) is 79.3 cm³/mol. The van der Waals surface area contributed by atoms with E-state index in [2.05, 4.69) is 16.8 Å².